The number of carbonyl (C=O) groups is 2. The number of aromatic nitrogens is 2. The van der Waals surface area contributed by atoms with Crippen molar-refractivity contribution in [3.05, 3.63) is 52.8 Å². The molecule has 3 rings (SSSR count). The van der Waals surface area contributed by atoms with Crippen LogP contribution in [0.5, 0.6) is 0 Å². The van der Waals surface area contributed by atoms with Gasteiger partial charge in [-0.25, -0.2) is 13.2 Å². The molecule has 1 saturated heterocycles. The summed E-state index contributed by atoms with van der Waals surface area (Å²) in [6.45, 7) is 7.46. The molecule has 2 aromatic rings. The molecule has 0 saturated carbocycles. The van der Waals surface area contributed by atoms with Gasteiger partial charge in [0.15, 0.2) is 16.4 Å². The summed E-state index contributed by atoms with van der Waals surface area (Å²) in [6, 6.07) is 9.28. The lowest BCUT2D eigenvalue weighted by atomic mass is 10.1. The molecule has 32 heavy (non-hydrogen) atoms. The van der Waals surface area contributed by atoms with Gasteiger partial charge >= 0.3 is 5.97 Å². The summed E-state index contributed by atoms with van der Waals surface area (Å²) in [5, 5.41) is 4.46. The monoisotopic (exact) mass is 461 g/mol. The maximum atomic E-state index is 12.9. The topological polar surface area (TPSA) is 98.6 Å². The average molecular weight is 462 g/mol. The number of hydrogen-bond acceptors (Lipinski definition) is 6. The fraction of sp³-hybridized carbons (Fsp3) is 0.522. The van der Waals surface area contributed by atoms with Crippen LogP contribution in [0.4, 0.5) is 0 Å². The van der Waals surface area contributed by atoms with Crippen LogP contribution in [0.1, 0.15) is 54.0 Å². The fourth-order valence-electron chi connectivity index (χ4n) is 4.18. The standard InChI is InChI=1S/C23H31N3O5S/c1-5-16(2)26(20-11-12-32(29,30)15-20)21(27)14-31-23(28)22-17(3)24-25(18(22)4)13-19-9-7-6-8-10-19/h6-10,16,20H,5,11-15H2,1-4H3. The van der Waals surface area contributed by atoms with Gasteiger partial charge in [0, 0.05) is 12.1 Å². The predicted molar refractivity (Wildman–Crippen MR) is 121 cm³/mol. The van der Waals surface area contributed by atoms with E-state index < -0.39 is 22.4 Å². The number of nitrogens with zero attached hydrogens (tertiary/aromatic N) is 3. The molecular weight excluding hydrogens is 430 g/mol. The maximum Gasteiger partial charge on any atom is 0.342 e. The molecule has 2 unspecified atom stereocenters. The van der Waals surface area contributed by atoms with Crippen LogP contribution in [0.3, 0.4) is 0 Å². The van der Waals surface area contributed by atoms with Crippen LogP contribution in [0.2, 0.25) is 0 Å². The van der Waals surface area contributed by atoms with E-state index in [1.807, 2.05) is 44.2 Å². The highest BCUT2D eigenvalue weighted by Gasteiger charge is 2.37. The largest absolute Gasteiger partial charge is 0.452 e. The summed E-state index contributed by atoms with van der Waals surface area (Å²) in [5.74, 6) is -0.935. The van der Waals surface area contributed by atoms with Gasteiger partial charge in [-0.05, 0) is 39.2 Å². The Hall–Kier alpha value is -2.68. The molecule has 2 atom stereocenters. The Kier molecular flexibility index (Phi) is 7.38. The number of esters is 1. The average Bonchev–Trinajstić information content (AvgIpc) is 3.24. The van der Waals surface area contributed by atoms with Crippen LogP contribution in [-0.2, 0) is 25.9 Å². The van der Waals surface area contributed by atoms with Gasteiger partial charge in [-0.2, -0.15) is 5.10 Å². The Morgan fingerprint density at radius 3 is 2.53 bits per heavy atom. The Labute approximate surface area is 189 Å². The number of rotatable bonds is 8. The lowest BCUT2D eigenvalue weighted by Crippen LogP contribution is -2.48. The molecule has 8 nitrogen and oxygen atoms in total. The molecule has 1 aromatic heterocycles. The smallest absolute Gasteiger partial charge is 0.342 e. The lowest BCUT2D eigenvalue weighted by molar-refractivity contribution is -0.138. The highest BCUT2D eigenvalue weighted by molar-refractivity contribution is 7.91. The van der Waals surface area contributed by atoms with Crippen molar-refractivity contribution in [2.45, 2.75) is 59.2 Å². The van der Waals surface area contributed by atoms with E-state index in [4.69, 9.17) is 4.74 Å². The van der Waals surface area contributed by atoms with E-state index in [1.165, 1.54) is 0 Å². The molecule has 0 radical (unpaired) electrons. The van der Waals surface area contributed by atoms with Gasteiger partial charge < -0.3 is 9.64 Å². The van der Waals surface area contributed by atoms with Gasteiger partial charge in [0.1, 0.15) is 5.56 Å². The number of ether oxygens (including phenoxy) is 1. The van der Waals surface area contributed by atoms with Gasteiger partial charge in [0.05, 0.1) is 29.4 Å². The van der Waals surface area contributed by atoms with Crippen molar-refractivity contribution < 1.29 is 22.7 Å². The summed E-state index contributed by atoms with van der Waals surface area (Å²) in [5.41, 5.74) is 2.62. The Bertz CT molecular complexity index is 1080. The molecular formula is C23H31N3O5S. The van der Waals surface area contributed by atoms with Crippen LogP contribution in [-0.4, -0.2) is 65.2 Å². The molecule has 0 spiro atoms. The minimum Gasteiger partial charge on any atom is -0.452 e. The molecule has 9 heteroatoms. The zero-order valence-electron chi connectivity index (χ0n) is 19.1. The third-order valence-electron chi connectivity index (χ3n) is 6.04. The molecule has 1 aromatic carbocycles. The molecule has 0 bridgehead atoms. The lowest BCUT2D eigenvalue weighted by Gasteiger charge is -2.33. The zero-order chi connectivity index (χ0) is 23.5. The van der Waals surface area contributed by atoms with Crippen molar-refractivity contribution in [1.82, 2.24) is 14.7 Å². The molecule has 1 amide bonds. The normalized spacial score (nSPS) is 18.3. The maximum absolute atomic E-state index is 12.9. The quantitative estimate of drug-likeness (QED) is 0.560. The predicted octanol–water partition coefficient (Wildman–Crippen LogP) is 2.52. The molecule has 2 heterocycles. The van der Waals surface area contributed by atoms with Crippen LogP contribution in [0.15, 0.2) is 30.3 Å². The number of carbonyl (C=O) groups excluding carboxylic acids is 2. The van der Waals surface area contributed by atoms with Crippen molar-refractivity contribution >= 4 is 21.7 Å². The third-order valence-corrected chi connectivity index (χ3v) is 7.79. The summed E-state index contributed by atoms with van der Waals surface area (Å²) in [7, 11) is -3.14. The minimum atomic E-state index is -3.14. The molecule has 1 aliphatic rings. The first kappa shape index (κ1) is 24.0. The van der Waals surface area contributed by atoms with Crippen molar-refractivity contribution in [2.75, 3.05) is 18.1 Å². The van der Waals surface area contributed by atoms with Crippen LogP contribution >= 0.6 is 0 Å². The number of benzene rings is 1. The fourth-order valence-corrected chi connectivity index (χ4v) is 5.89. The van der Waals surface area contributed by atoms with Gasteiger partial charge in [0.2, 0.25) is 0 Å². The second-order valence-electron chi connectivity index (χ2n) is 8.38. The van der Waals surface area contributed by atoms with E-state index >= 15 is 0 Å². The molecule has 0 aliphatic carbocycles. The third kappa shape index (κ3) is 5.38. The minimum absolute atomic E-state index is 0.0402. The zero-order valence-corrected chi connectivity index (χ0v) is 19.9. The summed E-state index contributed by atoms with van der Waals surface area (Å²) < 4.78 is 30.9. The highest BCUT2D eigenvalue weighted by atomic mass is 32.2. The summed E-state index contributed by atoms with van der Waals surface area (Å²) >= 11 is 0. The molecule has 1 fully saturated rings. The Morgan fingerprint density at radius 1 is 1.25 bits per heavy atom. The van der Waals surface area contributed by atoms with Crippen LogP contribution in [0, 0.1) is 13.8 Å². The first-order valence-corrected chi connectivity index (χ1v) is 12.7. The van der Waals surface area contributed by atoms with E-state index in [9.17, 15) is 18.0 Å². The van der Waals surface area contributed by atoms with E-state index in [0.29, 0.717) is 36.3 Å². The van der Waals surface area contributed by atoms with Crippen molar-refractivity contribution in [3.63, 3.8) is 0 Å². The summed E-state index contributed by atoms with van der Waals surface area (Å²) in [6.07, 6.45) is 1.09. The first-order valence-electron chi connectivity index (χ1n) is 10.9. The summed E-state index contributed by atoms with van der Waals surface area (Å²) in [4.78, 5) is 27.3. The second kappa shape index (κ2) is 9.85. The second-order valence-corrected chi connectivity index (χ2v) is 10.6. The first-order chi connectivity index (χ1) is 15.1. The number of hydrogen-bond donors (Lipinski definition) is 0. The SMILES string of the molecule is CCC(C)N(C(=O)COC(=O)c1c(C)nn(Cc2ccccc2)c1C)C1CCS(=O)(=O)C1. The van der Waals surface area contributed by atoms with E-state index in [2.05, 4.69) is 5.10 Å². The molecule has 174 valence electrons. The molecule has 1 aliphatic heterocycles. The molecule has 0 N–H and O–H groups in total. The highest BCUT2D eigenvalue weighted by Crippen LogP contribution is 2.22. The van der Waals surface area contributed by atoms with Gasteiger partial charge in [-0.1, -0.05) is 37.3 Å². The van der Waals surface area contributed by atoms with Gasteiger partial charge in [-0.15, -0.1) is 0 Å². The van der Waals surface area contributed by atoms with Crippen molar-refractivity contribution in [2.24, 2.45) is 0 Å². The van der Waals surface area contributed by atoms with Gasteiger partial charge in [0.25, 0.3) is 5.91 Å². The van der Waals surface area contributed by atoms with Crippen LogP contribution in [0.25, 0.3) is 0 Å². The number of amides is 1. The Balaban J connectivity index is 1.69. The Morgan fingerprint density at radius 2 is 1.94 bits per heavy atom. The van der Waals surface area contributed by atoms with E-state index in [-0.39, 0.29) is 29.5 Å². The van der Waals surface area contributed by atoms with Crippen molar-refractivity contribution in [3.8, 4) is 0 Å². The van der Waals surface area contributed by atoms with Crippen molar-refractivity contribution in [1.29, 1.82) is 0 Å². The van der Waals surface area contributed by atoms with E-state index in [0.717, 1.165) is 5.56 Å². The van der Waals surface area contributed by atoms with Gasteiger partial charge in [-0.3, -0.25) is 9.48 Å². The van der Waals surface area contributed by atoms with E-state index in [1.54, 1.807) is 23.4 Å². The number of aryl methyl sites for hydroxylation is 1. The van der Waals surface area contributed by atoms with Crippen LogP contribution < -0.4 is 0 Å². The number of sulfone groups is 1.